The first-order chi connectivity index (χ1) is 11.0. The average Bonchev–Trinajstić information content (AvgIpc) is 3.01. The third kappa shape index (κ3) is 4.87. The molecule has 0 spiro atoms. The lowest BCUT2D eigenvalue weighted by Gasteiger charge is -2.26. The summed E-state index contributed by atoms with van der Waals surface area (Å²) in [4.78, 5) is 22.4. The van der Waals surface area contributed by atoms with E-state index < -0.39 is 0 Å². The van der Waals surface area contributed by atoms with E-state index in [4.69, 9.17) is 4.52 Å². The summed E-state index contributed by atoms with van der Waals surface area (Å²) >= 11 is 0. The van der Waals surface area contributed by atoms with Crippen LogP contribution in [-0.2, 0) is 11.2 Å². The number of hydrogen-bond donors (Lipinski definition) is 0. The van der Waals surface area contributed by atoms with Crippen LogP contribution < -0.4 is 0 Å². The Kier molecular flexibility index (Phi) is 5.84. The quantitative estimate of drug-likeness (QED) is 0.785. The molecule has 0 aliphatic heterocycles. The van der Waals surface area contributed by atoms with Crippen LogP contribution in [0.2, 0.25) is 0 Å². The van der Waals surface area contributed by atoms with E-state index in [9.17, 15) is 4.79 Å². The Hall–Kier alpha value is -2.24. The smallest absolute Gasteiger partial charge is 0.227 e. The number of nitrogens with zero attached hydrogens (tertiary/aromatic N) is 4. The van der Waals surface area contributed by atoms with Gasteiger partial charge in [0.05, 0.1) is 0 Å². The van der Waals surface area contributed by atoms with Crippen LogP contribution in [0.5, 0.6) is 0 Å². The van der Waals surface area contributed by atoms with E-state index in [0.717, 1.165) is 12.0 Å². The van der Waals surface area contributed by atoms with Gasteiger partial charge < -0.3 is 9.42 Å². The van der Waals surface area contributed by atoms with Gasteiger partial charge in [-0.25, -0.2) is 0 Å². The van der Waals surface area contributed by atoms with Gasteiger partial charge in [-0.3, -0.25) is 9.78 Å². The normalized spacial score (nSPS) is 12.4. The van der Waals surface area contributed by atoms with Gasteiger partial charge in [-0.15, -0.1) is 0 Å². The first-order valence-electron chi connectivity index (χ1n) is 7.96. The van der Waals surface area contributed by atoms with Crippen molar-refractivity contribution in [3.05, 3.63) is 30.4 Å². The molecule has 0 N–H and O–H groups in total. The highest BCUT2D eigenvalue weighted by Crippen LogP contribution is 2.15. The Balaban J connectivity index is 1.89. The monoisotopic (exact) mass is 316 g/mol. The van der Waals surface area contributed by atoms with Crippen LogP contribution in [0.4, 0.5) is 0 Å². The van der Waals surface area contributed by atoms with E-state index in [1.807, 2.05) is 19.2 Å². The molecule has 2 heterocycles. The van der Waals surface area contributed by atoms with E-state index in [1.54, 1.807) is 17.3 Å². The molecule has 0 saturated carbocycles. The fourth-order valence-electron chi connectivity index (χ4n) is 2.45. The van der Waals surface area contributed by atoms with Crippen molar-refractivity contribution in [2.24, 2.45) is 5.92 Å². The Morgan fingerprint density at radius 1 is 1.35 bits per heavy atom. The lowest BCUT2D eigenvalue weighted by atomic mass is 10.0. The number of aryl methyl sites for hydroxylation is 1. The second-order valence-electron chi connectivity index (χ2n) is 6.24. The fourth-order valence-corrected chi connectivity index (χ4v) is 2.45. The van der Waals surface area contributed by atoms with Gasteiger partial charge in [0, 0.05) is 43.9 Å². The maximum absolute atomic E-state index is 12.2. The van der Waals surface area contributed by atoms with E-state index in [1.165, 1.54) is 0 Å². The molecule has 0 saturated heterocycles. The van der Waals surface area contributed by atoms with Gasteiger partial charge in [0.25, 0.3) is 0 Å². The minimum atomic E-state index is 0.0966. The summed E-state index contributed by atoms with van der Waals surface area (Å²) in [6, 6.07) is 3.92. The largest absolute Gasteiger partial charge is 0.343 e. The Bertz CT molecular complexity index is 625. The number of carbonyl (C=O) groups is 1. The molecule has 0 fully saturated rings. The van der Waals surface area contributed by atoms with Gasteiger partial charge in [-0.1, -0.05) is 19.0 Å². The highest BCUT2D eigenvalue weighted by molar-refractivity contribution is 5.76. The van der Waals surface area contributed by atoms with E-state index in [0.29, 0.717) is 30.5 Å². The van der Waals surface area contributed by atoms with Crippen molar-refractivity contribution in [2.45, 2.75) is 46.1 Å². The third-order valence-corrected chi connectivity index (χ3v) is 3.81. The van der Waals surface area contributed by atoms with Crippen LogP contribution >= 0.6 is 0 Å². The molecule has 1 amide bonds. The number of pyridine rings is 1. The SMILES string of the molecule is CC(C)C[C@@H](C)N(C)C(=O)CCc1nc(-c2cccnc2)no1. The van der Waals surface area contributed by atoms with Crippen LogP contribution in [0.3, 0.4) is 0 Å². The summed E-state index contributed by atoms with van der Waals surface area (Å²) in [6.45, 7) is 6.39. The van der Waals surface area contributed by atoms with Crippen molar-refractivity contribution in [1.29, 1.82) is 0 Å². The summed E-state index contributed by atoms with van der Waals surface area (Å²) < 4.78 is 5.21. The zero-order chi connectivity index (χ0) is 16.8. The highest BCUT2D eigenvalue weighted by Gasteiger charge is 2.18. The molecule has 6 heteroatoms. The number of aromatic nitrogens is 3. The minimum absolute atomic E-state index is 0.0966. The van der Waals surface area contributed by atoms with E-state index in [-0.39, 0.29) is 11.9 Å². The van der Waals surface area contributed by atoms with Crippen LogP contribution in [-0.4, -0.2) is 39.0 Å². The van der Waals surface area contributed by atoms with E-state index >= 15 is 0 Å². The molecule has 1 atom stereocenters. The lowest BCUT2D eigenvalue weighted by molar-refractivity contribution is -0.131. The molecule has 2 rings (SSSR count). The molecule has 0 radical (unpaired) electrons. The molecule has 0 aliphatic carbocycles. The Labute approximate surface area is 136 Å². The fraction of sp³-hybridized carbons (Fsp3) is 0.529. The molecule has 2 aromatic rings. The van der Waals surface area contributed by atoms with Crippen LogP contribution in [0.1, 0.15) is 39.5 Å². The first-order valence-corrected chi connectivity index (χ1v) is 7.96. The van der Waals surface area contributed by atoms with Crippen molar-refractivity contribution in [3.8, 4) is 11.4 Å². The minimum Gasteiger partial charge on any atom is -0.343 e. The Morgan fingerprint density at radius 2 is 2.13 bits per heavy atom. The van der Waals surface area contributed by atoms with Gasteiger partial charge in [-0.05, 0) is 31.4 Å². The predicted octanol–water partition coefficient (Wildman–Crippen LogP) is 2.96. The van der Waals surface area contributed by atoms with Crippen molar-refractivity contribution >= 4 is 5.91 Å². The average molecular weight is 316 g/mol. The Morgan fingerprint density at radius 3 is 2.78 bits per heavy atom. The zero-order valence-corrected chi connectivity index (χ0v) is 14.2. The molecular weight excluding hydrogens is 292 g/mol. The molecule has 0 aromatic carbocycles. The zero-order valence-electron chi connectivity index (χ0n) is 14.2. The maximum Gasteiger partial charge on any atom is 0.227 e. The molecule has 2 aromatic heterocycles. The summed E-state index contributed by atoms with van der Waals surface area (Å²) in [6.07, 6.45) is 5.19. The summed E-state index contributed by atoms with van der Waals surface area (Å²) in [5.41, 5.74) is 0.802. The van der Waals surface area contributed by atoms with Crippen molar-refractivity contribution in [3.63, 3.8) is 0 Å². The molecule has 23 heavy (non-hydrogen) atoms. The van der Waals surface area contributed by atoms with Gasteiger partial charge in [-0.2, -0.15) is 4.98 Å². The molecule has 6 nitrogen and oxygen atoms in total. The summed E-state index contributed by atoms with van der Waals surface area (Å²) in [5.74, 6) is 1.64. The second kappa shape index (κ2) is 7.85. The topological polar surface area (TPSA) is 72.1 Å². The molecule has 0 aliphatic rings. The lowest BCUT2D eigenvalue weighted by Crippen LogP contribution is -2.36. The molecule has 124 valence electrons. The van der Waals surface area contributed by atoms with Crippen LogP contribution in [0.15, 0.2) is 29.0 Å². The van der Waals surface area contributed by atoms with Crippen LogP contribution in [0, 0.1) is 5.92 Å². The summed E-state index contributed by atoms with van der Waals surface area (Å²) in [5, 5.41) is 3.93. The van der Waals surface area contributed by atoms with Crippen molar-refractivity contribution in [2.75, 3.05) is 7.05 Å². The van der Waals surface area contributed by atoms with E-state index in [2.05, 4.69) is 35.9 Å². The third-order valence-electron chi connectivity index (χ3n) is 3.81. The standard InChI is InChI=1S/C17H24N4O2/c1-12(2)10-13(3)21(4)16(22)8-7-15-19-17(20-23-15)14-6-5-9-18-11-14/h5-6,9,11-13H,7-8,10H2,1-4H3/t13-/m1/s1. The number of hydrogen-bond acceptors (Lipinski definition) is 5. The van der Waals surface area contributed by atoms with Gasteiger partial charge in [0.15, 0.2) is 0 Å². The number of rotatable bonds is 7. The maximum atomic E-state index is 12.2. The van der Waals surface area contributed by atoms with Gasteiger partial charge >= 0.3 is 0 Å². The van der Waals surface area contributed by atoms with Gasteiger partial charge in [0.1, 0.15) is 0 Å². The summed E-state index contributed by atoms with van der Waals surface area (Å²) in [7, 11) is 1.85. The highest BCUT2D eigenvalue weighted by atomic mass is 16.5. The molecule has 0 unspecified atom stereocenters. The number of carbonyl (C=O) groups excluding carboxylic acids is 1. The first kappa shape index (κ1) is 17.1. The van der Waals surface area contributed by atoms with Crippen LogP contribution in [0.25, 0.3) is 11.4 Å². The van der Waals surface area contributed by atoms with Crippen molar-refractivity contribution < 1.29 is 9.32 Å². The number of amides is 1. The predicted molar refractivity (Wildman–Crippen MR) is 87.5 cm³/mol. The molecule has 0 bridgehead atoms. The van der Waals surface area contributed by atoms with Gasteiger partial charge in [0.2, 0.25) is 17.6 Å². The second-order valence-corrected chi connectivity index (χ2v) is 6.24. The molecular formula is C17H24N4O2. The van der Waals surface area contributed by atoms with Crippen molar-refractivity contribution in [1.82, 2.24) is 20.0 Å².